The second-order valence-electron chi connectivity index (χ2n) is 5.96. The van der Waals surface area contributed by atoms with Gasteiger partial charge in [-0.3, -0.25) is 9.80 Å². The van der Waals surface area contributed by atoms with E-state index in [2.05, 4.69) is 33.1 Å². The molecule has 0 saturated carbocycles. The number of carbonyl (C=O) groups is 1. The lowest BCUT2D eigenvalue weighted by atomic mass is 9.97. The van der Waals surface area contributed by atoms with Crippen LogP contribution in [0.15, 0.2) is 70.8 Å². The molecule has 0 aromatic heterocycles. The highest BCUT2D eigenvalue weighted by atomic mass is 79.9. The molecule has 2 aliphatic heterocycles. The van der Waals surface area contributed by atoms with Gasteiger partial charge in [-0.25, -0.2) is 0 Å². The molecule has 7 heteroatoms. The Morgan fingerprint density at radius 1 is 1.23 bits per heavy atom. The number of carbonyl (C=O) groups excluding carboxylic acids is 1. The van der Waals surface area contributed by atoms with Crippen LogP contribution >= 0.6 is 27.7 Å². The van der Waals surface area contributed by atoms with E-state index in [1.807, 2.05) is 53.5 Å². The molecule has 0 saturated heterocycles. The molecule has 2 N–H and O–H groups in total. The third-order valence-corrected chi connectivity index (χ3v) is 5.67. The molecule has 2 atom stereocenters. The first-order valence-corrected chi connectivity index (χ1v) is 9.97. The molecule has 26 heavy (non-hydrogen) atoms. The van der Waals surface area contributed by atoms with Crippen molar-refractivity contribution < 1.29 is 4.79 Å². The summed E-state index contributed by atoms with van der Waals surface area (Å²) in [6.45, 7) is 3.73. The standard InChI is InChI=1S/C19H17BrN4OS/c1-2-11-26-19-22-18(25)16-14-5-3-4-6-15(14)21-17(24(16)23-19)12-7-9-13(20)10-8-12/h2-10,16-17,21H,1,11H2,(H,22,23,25)/t16-,17-/m1/s1. The second-order valence-corrected chi connectivity index (χ2v) is 7.89. The highest BCUT2D eigenvalue weighted by Crippen LogP contribution is 2.42. The Morgan fingerprint density at radius 3 is 2.77 bits per heavy atom. The van der Waals surface area contributed by atoms with E-state index in [1.54, 1.807) is 6.08 Å². The van der Waals surface area contributed by atoms with Gasteiger partial charge in [0.15, 0.2) is 11.2 Å². The van der Waals surface area contributed by atoms with Crippen LogP contribution in [0.5, 0.6) is 0 Å². The van der Waals surface area contributed by atoms with Gasteiger partial charge in [0.1, 0.15) is 6.17 Å². The van der Waals surface area contributed by atoms with Gasteiger partial charge in [0.05, 0.1) is 0 Å². The normalized spacial score (nSPS) is 21.0. The second kappa shape index (κ2) is 7.17. The molecule has 0 radical (unpaired) electrons. The number of thioether (sulfide) groups is 1. The maximum atomic E-state index is 12.9. The molecule has 5 nitrogen and oxygen atoms in total. The lowest BCUT2D eigenvalue weighted by Crippen LogP contribution is -2.50. The van der Waals surface area contributed by atoms with Gasteiger partial charge in [-0.1, -0.05) is 64.1 Å². The number of para-hydroxylation sites is 1. The Morgan fingerprint density at radius 2 is 2.00 bits per heavy atom. The maximum absolute atomic E-state index is 12.9. The summed E-state index contributed by atoms with van der Waals surface area (Å²) in [6.07, 6.45) is 1.56. The number of halogens is 1. The van der Waals surface area contributed by atoms with E-state index in [0.717, 1.165) is 21.3 Å². The van der Waals surface area contributed by atoms with Crippen LogP contribution in [0.3, 0.4) is 0 Å². The van der Waals surface area contributed by atoms with Crippen molar-refractivity contribution in [3.05, 3.63) is 76.8 Å². The molecule has 132 valence electrons. The number of rotatable bonds is 3. The Hall–Kier alpha value is -2.25. The van der Waals surface area contributed by atoms with E-state index in [-0.39, 0.29) is 12.1 Å². The number of amides is 1. The van der Waals surface area contributed by atoms with E-state index in [4.69, 9.17) is 5.10 Å². The van der Waals surface area contributed by atoms with Crippen LogP contribution in [0.1, 0.15) is 23.3 Å². The van der Waals surface area contributed by atoms with Crippen molar-refractivity contribution in [2.45, 2.75) is 12.2 Å². The Bertz CT molecular complexity index is 883. The average Bonchev–Trinajstić information content (AvgIpc) is 2.66. The van der Waals surface area contributed by atoms with Crippen LogP contribution in [-0.4, -0.2) is 21.8 Å². The average molecular weight is 429 g/mol. The summed E-state index contributed by atoms with van der Waals surface area (Å²) in [7, 11) is 0. The van der Waals surface area contributed by atoms with Crippen LogP contribution in [-0.2, 0) is 4.79 Å². The molecular weight excluding hydrogens is 412 g/mol. The highest BCUT2D eigenvalue weighted by molar-refractivity contribution is 9.10. The van der Waals surface area contributed by atoms with E-state index in [1.165, 1.54) is 11.8 Å². The molecule has 2 aromatic carbocycles. The fraction of sp³-hybridized carbons (Fsp3) is 0.158. The number of anilines is 1. The van der Waals surface area contributed by atoms with Crippen LogP contribution in [0.4, 0.5) is 5.69 Å². The molecule has 2 aromatic rings. The summed E-state index contributed by atoms with van der Waals surface area (Å²) < 4.78 is 1.01. The highest BCUT2D eigenvalue weighted by Gasteiger charge is 2.41. The number of benzene rings is 2. The van der Waals surface area contributed by atoms with Crippen LogP contribution in [0.25, 0.3) is 0 Å². The smallest absolute Gasteiger partial charge is 0.255 e. The first-order chi connectivity index (χ1) is 12.7. The summed E-state index contributed by atoms with van der Waals surface area (Å²) in [5.74, 6) is 0.618. The predicted octanol–water partition coefficient (Wildman–Crippen LogP) is 4.24. The predicted molar refractivity (Wildman–Crippen MR) is 110 cm³/mol. The molecule has 0 unspecified atom stereocenters. The summed E-state index contributed by atoms with van der Waals surface area (Å²) >= 11 is 4.93. The summed E-state index contributed by atoms with van der Waals surface area (Å²) in [5, 5.41) is 13.6. The van der Waals surface area contributed by atoms with Gasteiger partial charge in [-0.2, -0.15) is 0 Å². The third-order valence-electron chi connectivity index (χ3n) is 4.29. The zero-order valence-corrected chi connectivity index (χ0v) is 16.3. The minimum absolute atomic E-state index is 0.0670. The summed E-state index contributed by atoms with van der Waals surface area (Å²) in [6, 6.07) is 15.5. The fourth-order valence-corrected chi connectivity index (χ4v) is 4.00. The number of hydrazone groups is 1. The minimum Gasteiger partial charge on any atom is -0.360 e. The van der Waals surface area contributed by atoms with Crippen molar-refractivity contribution in [1.29, 1.82) is 0 Å². The molecule has 2 aliphatic rings. The molecule has 1 amide bonds. The Kier molecular flexibility index (Phi) is 4.74. The number of hydrogen-bond donors (Lipinski definition) is 2. The number of hydrogen-bond acceptors (Lipinski definition) is 5. The van der Waals surface area contributed by atoms with Gasteiger partial charge >= 0.3 is 0 Å². The van der Waals surface area contributed by atoms with Crippen molar-refractivity contribution in [2.24, 2.45) is 5.10 Å². The van der Waals surface area contributed by atoms with Crippen molar-refractivity contribution in [2.75, 3.05) is 11.1 Å². The van der Waals surface area contributed by atoms with Gasteiger partial charge in [0.25, 0.3) is 5.91 Å². The van der Waals surface area contributed by atoms with E-state index < -0.39 is 6.04 Å². The van der Waals surface area contributed by atoms with Crippen molar-refractivity contribution in [3.63, 3.8) is 0 Å². The molecule has 4 rings (SSSR count). The lowest BCUT2D eigenvalue weighted by Gasteiger charge is -2.43. The van der Waals surface area contributed by atoms with Gasteiger partial charge in [0.2, 0.25) is 0 Å². The van der Waals surface area contributed by atoms with Crippen molar-refractivity contribution >= 4 is 44.5 Å². The van der Waals surface area contributed by atoms with Gasteiger partial charge in [-0.05, 0) is 23.8 Å². The maximum Gasteiger partial charge on any atom is 0.255 e. The largest absolute Gasteiger partial charge is 0.360 e. The molecule has 2 heterocycles. The SMILES string of the molecule is C=CCSC1=NN2[C@H](c3ccc(Br)cc3)Nc3ccccc3[C@@H]2C(=O)N1. The zero-order valence-electron chi connectivity index (χ0n) is 13.9. The fourth-order valence-electron chi connectivity index (χ4n) is 3.14. The summed E-state index contributed by atoms with van der Waals surface area (Å²) in [4.78, 5) is 12.9. The Balaban J connectivity index is 1.79. The van der Waals surface area contributed by atoms with Gasteiger partial charge in [0, 0.05) is 21.5 Å². The molecule has 0 spiro atoms. The number of fused-ring (bicyclic) bond motifs is 3. The minimum atomic E-state index is -0.464. The number of nitrogens with one attached hydrogen (secondary N) is 2. The molecule has 0 fully saturated rings. The third kappa shape index (κ3) is 3.12. The van der Waals surface area contributed by atoms with Crippen molar-refractivity contribution in [1.82, 2.24) is 10.3 Å². The first-order valence-electron chi connectivity index (χ1n) is 8.20. The molecular formula is C19H17BrN4OS. The summed E-state index contributed by atoms with van der Waals surface area (Å²) in [5.41, 5.74) is 2.92. The van der Waals surface area contributed by atoms with Gasteiger partial charge in [-0.15, -0.1) is 11.7 Å². The molecule has 0 bridgehead atoms. The molecule has 0 aliphatic carbocycles. The quantitative estimate of drug-likeness (QED) is 0.717. The number of amidine groups is 1. The first kappa shape index (κ1) is 17.2. The van der Waals surface area contributed by atoms with Crippen LogP contribution < -0.4 is 10.6 Å². The lowest BCUT2D eigenvalue weighted by molar-refractivity contribution is -0.127. The van der Waals surface area contributed by atoms with E-state index in [0.29, 0.717) is 10.9 Å². The van der Waals surface area contributed by atoms with Crippen LogP contribution in [0, 0.1) is 0 Å². The van der Waals surface area contributed by atoms with Crippen LogP contribution in [0.2, 0.25) is 0 Å². The number of nitrogens with zero attached hydrogens (tertiary/aromatic N) is 2. The van der Waals surface area contributed by atoms with E-state index in [9.17, 15) is 4.79 Å². The van der Waals surface area contributed by atoms with Crippen molar-refractivity contribution in [3.8, 4) is 0 Å². The topological polar surface area (TPSA) is 56.7 Å². The van der Waals surface area contributed by atoms with Gasteiger partial charge < -0.3 is 10.6 Å². The van der Waals surface area contributed by atoms with E-state index >= 15 is 0 Å². The zero-order chi connectivity index (χ0) is 18.1. The monoisotopic (exact) mass is 428 g/mol. The Labute approximate surface area is 164 Å².